The number of hydrogen-bond acceptors (Lipinski definition) is 4. The first-order chi connectivity index (χ1) is 8.08. The van der Waals surface area contributed by atoms with E-state index in [9.17, 15) is 9.59 Å². The van der Waals surface area contributed by atoms with Crippen molar-refractivity contribution in [3.8, 4) is 0 Å². The highest BCUT2D eigenvalue weighted by atomic mass is 16.4. The first kappa shape index (κ1) is 11.6. The molecule has 0 unspecified atom stereocenters. The summed E-state index contributed by atoms with van der Waals surface area (Å²) in [6.07, 6.45) is 4.96. The summed E-state index contributed by atoms with van der Waals surface area (Å²) in [6.45, 7) is 0. The first-order valence-electron chi connectivity index (χ1n) is 5.54. The van der Waals surface area contributed by atoms with Crippen molar-refractivity contribution in [2.24, 2.45) is 5.92 Å². The lowest BCUT2D eigenvalue weighted by atomic mass is 10.0. The lowest BCUT2D eigenvalue weighted by Gasteiger charge is -2.03. The van der Waals surface area contributed by atoms with Gasteiger partial charge in [0.15, 0.2) is 5.89 Å². The van der Waals surface area contributed by atoms with Gasteiger partial charge in [0, 0.05) is 6.42 Å². The smallest absolute Gasteiger partial charge is 0.374 e. The van der Waals surface area contributed by atoms with E-state index >= 15 is 0 Å². The van der Waals surface area contributed by atoms with Crippen molar-refractivity contribution in [1.82, 2.24) is 4.98 Å². The van der Waals surface area contributed by atoms with Gasteiger partial charge in [-0.3, -0.25) is 0 Å². The summed E-state index contributed by atoms with van der Waals surface area (Å²) in [5.41, 5.74) is -0.509. The minimum absolute atomic E-state index is 0.215. The fraction of sp³-hybridized carbons (Fsp3) is 0.545. The van der Waals surface area contributed by atoms with Crippen molar-refractivity contribution in [2.75, 3.05) is 0 Å². The third-order valence-electron chi connectivity index (χ3n) is 3.01. The predicted octanol–water partition coefficient (Wildman–Crippen LogP) is 1.80. The summed E-state index contributed by atoms with van der Waals surface area (Å²) in [6, 6.07) is 0. The summed E-state index contributed by atoms with van der Waals surface area (Å²) >= 11 is 0. The Kier molecular flexibility index (Phi) is 3.12. The second-order valence-corrected chi connectivity index (χ2v) is 4.25. The Morgan fingerprint density at radius 1 is 1.24 bits per heavy atom. The van der Waals surface area contributed by atoms with Gasteiger partial charge < -0.3 is 14.6 Å². The van der Waals surface area contributed by atoms with E-state index in [1.807, 2.05) is 0 Å². The number of hydrogen-bond donors (Lipinski definition) is 2. The maximum absolute atomic E-state index is 10.8. The molecule has 0 radical (unpaired) electrons. The maximum atomic E-state index is 10.8. The minimum Gasteiger partial charge on any atom is -0.476 e. The van der Waals surface area contributed by atoms with Crippen LogP contribution in [-0.4, -0.2) is 27.1 Å². The number of rotatable bonds is 4. The molecule has 2 rings (SSSR count). The van der Waals surface area contributed by atoms with Crippen LogP contribution in [-0.2, 0) is 6.42 Å². The van der Waals surface area contributed by atoms with E-state index in [0.29, 0.717) is 12.3 Å². The Hall–Kier alpha value is -1.85. The van der Waals surface area contributed by atoms with Crippen molar-refractivity contribution in [3.63, 3.8) is 0 Å². The molecule has 1 saturated carbocycles. The standard InChI is InChI=1S/C11H13NO5/c13-10(14)8-9(11(15)16)17-7(12-8)5-6-3-1-2-4-6/h6H,1-5H2,(H,13,14)(H,15,16). The van der Waals surface area contributed by atoms with Crippen molar-refractivity contribution in [2.45, 2.75) is 32.1 Å². The average Bonchev–Trinajstić information content (AvgIpc) is 2.86. The molecule has 1 aliphatic rings. The van der Waals surface area contributed by atoms with Crippen LogP contribution in [0.15, 0.2) is 4.42 Å². The van der Waals surface area contributed by atoms with Gasteiger partial charge in [0.1, 0.15) is 0 Å². The van der Waals surface area contributed by atoms with Crippen molar-refractivity contribution in [1.29, 1.82) is 0 Å². The van der Waals surface area contributed by atoms with Gasteiger partial charge in [0.05, 0.1) is 0 Å². The van der Waals surface area contributed by atoms with Gasteiger partial charge in [-0.2, -0.15) is 0 Å². The number of nitrogens with zero attached hydrogens (tertiary/aromatic N) is 1. The second-order valence-electron chi connectivity index (χ2n) is 4.25. The highest BCUT2D eigenvalue weighted by Gasteiger charge is 2.26. The van der Waals surface area contributed by atoms with Crippen LogP contribution < -0.4 is 0 Å². The molecule has 0 saturated heterocycles. The molecular formula is C11H13NO5. The molecule has 2 N–H and O–H groups in total. The van der Waals surface area contributed by atoms with Gasteiger partial charge >= 0.3 is 11.9 Å². The fourth-order valence-corrected chi connectivity index (χ4v) is 2.20. The Morgan fingerprint density at radius 3 is 2.35 bits per heavy atom. The van der Waals surface area contributed by atoms with Crippen LogP contribution in [0.4, 0.5) is 0 Å². The van der Waals surface area contributed by atoms with Crippen LogP contribution in [0.5, 0.6) is 0 Å². The lowest BCUT2D eigenvalue weighted by Crippen LogP contribution is -2.06. The van der Waals surface area contributed by atoms with E-state index in [1.165, 1.54) is 0 Å². The van der Waals surface area contributed by atoms with Crippen LogP contribution in [0.25, 0.3) is 0 Å². The molecule has 0 atom stereocenters. The van der Waals surface area contributed by atoms with Crippen LogP contribution in [0, 0.1) is 5.92 Å². The van der Waals surface area contributed by atoms with Gasteiger partial charge in [-0.1, -0.05) is 12.8 Å². The quantitative estimate of drug-likeness (QED) is 0.830. The number of aromatic carboxylic acids is 2. The zero-order valence-corrected chi connectivity index (χ0v) is 9.18. The molecule has 6 heteroatoms. The molecule has 6 nitrogen and oxygen atoms in total. The van der Waals surface area contributed by atoms with Crippen LogP contribution in [0.3, 0.4) is 0 Å². The summed E-state index contributed by atoms with van der Waals surface area (Å²) in [7, 11) is 0. The molecule has 1 fully saturated rings. The van der Waals surface area contributed by atoms with Crippen molar-refractivity contribution in [3.05, 3.63) is 17.3 Å². The summed E-state index contributed by atoms with van der Waals surface area (Å²) < 4.78 is 5.01. The highest BCUT2D eigenvalue weighted by Crippen LogP contribution is 2.28. The highest BCUT2D eigenvalue weighted by molar-refractivity contribution is 5.98. The third-order valence-corrected chi connectivity index (χ3v) is 3.01. The number of carbonyl (C=O) groups is 2. The molecule has 0 bridgehead atoms. The number of aromatic nitrogens is 1. The molecular weight excluding hydrogens is 226 g/mol. The van der Waals surface area contributed by atoms with E-state index in [4.69, 9.17) is 14.6 Å². The number of carboxylic acid groups (broad SMARTS) is 2. The lowest BCUT2D eigenvalue weighted by molar-refractivity contribution is 0.0622. The molecule has 1 heterocycles. The van der Waals surface area contributed by atoms with Crippen LogP contribution in [0.2, 0.25) is 0 Å². The van der Waals surface area contributed by atoms with Gasteiger partial charge in [-0.25, -0.2) is 14.6 Å². The van der Waals surface area contributed by atoms with E-state index in [1.54, 1.807) is 0 Å². The summed E-state index contributed by atoms with van der Waals surface area (Å²) in [5, 5.41) is 17.6. The second kappa shape index (κ2) is 4.57. The Bertz CT molecular complexity index is 413. The molecule has 0 aliphatic heterocycles. The average molecular weight is 239 g/mol. The molecule has 92 valence electrons. The summed E-state index contributed by atoms with van der Waals surface area (Å²) in [4.78, 5) is 25.3. The van der Waals surface area contributed by atoms with Crippen LogP contribution in [0.1, 0.15) is 52.6 Å². The van der Waals surface area contributed by atoms with Crippen molar-refractivity contribution >= 4 is 11.9 Å². The largest absolute Gasteiger partial charge is 0.476 e. The molecule has 1 aromatic heterocycles. The molecule has 0 amide bonds. The number of carboxylic acids is 2. The zero-order chi connectivity index (χ0) is 12.4. The Balaban J connectivity index is 2.20. The van der Waals surface area contributed by atoms with Gasteiger partial charge in [0.2, 0.25) is 11.5 Å². The van der Waals surface area contributed by atoms with E-state index in [-0.39, 0.29) is 5.89 Å². The molecule has 1 aliphatic carbocycles. The monoisotopic (exact) mass is 239 g/mol. The molecule has 0 spiro atoms. The molecule has 1 aromatic rings. The third kappa shape index (κ3) is 2.46. The first-order valence-corrected chi connectivity index (χ1v) is 5.54. The summed E-state index contributed by atoms with van der Waals surface area (Å²) in [5.74, 6) is -2.70. The van der Waals surface area contributed by atoms with Gasteiger partial charge in [-0.05, 0) is 18.8 Å². The van der Waals surface area contributed by atoms with Gasteiger partial charge in [0.25, 0.3) is 0 Å². The predicted molar refractivity (Wildman–Crippen MR) is 56.1 cm³/mol. The SMILES string of the molecule is O=C(O)c1nc(CC2CCCC2)oc1C(=O)O. The Morgan fingerprint density at radius 2 is 1.88 bits per heavy atom. The van der Waals surface area contributed by atoms with Crippen molar-refractivity contribution < 1.29 is 24.2 Å². The number of oxazole rings is 1. The molecule has 0 aromatic carbocycles. The van der Waals surface area contributed by atoms with Crippen LogP contribution >= 0.6 is 0 Å². The zero-order valence-electron chi connectivity index (χ0n) is 9.18. The van der Waals surface area contributed by atoms with E-state index in [0.717, 1.165) is 25.7 Å². The molecule has 17 heavy (non-hydrogen) atoms. The topological polar surface area (TPSA) is 101 Å². The fourth-order valence-electron chi connectivity index (χ4n) is 2.20. The normalized spacial score (nSPS) is 16.2. The maximum Gasteiger partial charge on any atom is 0.374 e. The minimum atomic E-state index is -1.40. The van der Waals surface area contributed by atoms with E-state index < -0.39 is 23.4 Å². The van der Waals surface area contributed by atoms with E-state index in [2.05, 4.69) is 4.98 Å². The van der Waals surface area contributed by atoms with Gasteiger partial charge in [-0.15, -0.1) is 0 Å². The Labute approximate surface area is 97.3 Å².